The van der Waals surface area contributed by atoms with Gasteiger partial charge in [-0.3, -0.25) is 4.79 Å². The van der Waals surface area contributed by atoms with Crippen molar-refractivity contribution >= 4 is 12.0 Å². The van der Waals surface area contributed by atoms with E-state index in [4.69, 9.17) is 5.11 Å². The molecule has 0 aromatic heterocycles. The second-order valence-electron chi connectivity index (χ2n) is 5.68. The van der Waals surface area contributed by atoms with Gasteiger partial charge in [0, 0.05) is 20.1 Å². The number of nitrogens with one attached hydrogen (secondary N) is 1. The molecule has 21 heavy (non-hydrogen) atoms. The standard InChI is InChI=1S/C16H22N2O3/c1-18(11-12-5-4-6-12)16(21)17-10-14-8-3-2-7-13(14)9-15(19)20/h2-3,7-8,12H,4-6,9-11H2,1H3,(H,17,21)(H,19,20). The van der Waals surface area contributed by atoms with Gasteiger partial charge in [-0.15, -0.1) is 0 Å². The summed E-state index contributed by atoms with van der Waals surface area (Å²) in [5.74, 6) is -0.226. The molecule has 1 saturated carbocycles. The Morgan fingerprint density at radius 1 is 1.29 bits per heavy atom. The molecule has 2 rings (SSSR count). The molecule has 0 spiro atoms. The van der Waals surface area contributed by atoms with Crippen LogP contribution in [0.1, 0.15) is 30.4 Å². The number of hydrogen-bond acceptors (Lipinski definition) is 2. The number of urea groups is 1. The van der Waals surface area contributed by atoms with Gasteiger partial charge in [0.15, 0.2) is 0 Å². The molecule has 0 unspecified atom stereocenters. The van der Waals surface area contributed by atoms with Crippen molar-refractivity contribution in [2.75, 3.05) is 13.6 Å². The van der Waals surface area contributed by atoms with Gasteiger partial charge in [-0.1, -0.05) is 30.7 Å². The summed E-state index contributed by atoms with van der Waals surface area (Å²) >= 11 is 0. The van der Waals surface area contributed by atoms with Crippen LogP contribution in [0.5, 0.6) is 0 Å². The Bertz CT molecular complexity index is 512. The maximum Gasteiger partial charge on any atom is 0.317 e. The zero-order valence-electron chi connectivity index (χ0n) is 12.3. The van der Waals surface area contributed by atoms with Gasteiger partial charge >= 0.3 is 12.0 Å². The van der Waals surface area contributed by atoms with Crippen LogP contribution in [0.2, 0.25) is 0 Å². The average molecular weight is 290 g/mol. The third-order valence-corrected chi connectivity index (χ3v) is 3.99. The van der Waals surface area contributed by atoms with Crippen LogP contribution in [0.25, 0.3) is 0 Å². The van der Waals surface area contributed by atoms with Crippen molar-refractivity contribution in [3.05, 3.63) is 35.4 Å². The summed E-state index contributed by atoms with van der Waals surface area (Å²) in [6.45, 7) is 1.15. The number of benzene rings is 1. The minimum Gasteiger partial charge on any atom is -0.481 e. The van der Waals surface area contributed by atoms with Gasteiger partial charge in [-0.25, -0.2) is 4.79 Å². The van der Waals surface area contributed by atoms with Gasteiger partial charge in [0.25, 0.3) is 0 Å². The van der Waals surface area contributed by atoms with E-state index in [0.717, 1.165) is 17.7 Å². The Morgan fingerprint density at radius 2 is 1.95 bits per heavy atom. The van der Waals surface area contributed by atoms with E-state index >= 15 is 0 Å². The summed E-state index contributed by atoms with van der Waals surface area (Å²) in [5.41, 5.74) is 1.59. The van der Waals surface area contributed by atoms with Gasteiger partial charge in [0.1, 0.15) is 0 Å². The molecule has 0 atom stereocenters. The molecule has 5 heteroatoms. The third-order valence-electron chi connectivity index (χ3n) is 3.99. The van der Waals surface area contributed by atoms with Crippen molar-refractivity contribution in [2.24, 2.45) is 5.92 Å². The second kappa shape index (κ2) is 7.11. The van der Waals surface area contributed by atoms with Gasteiger partial charge < -0.3 is 15.3 Å². The second-order valence-corrected chi connectivity index (χ2v) is 5.68. The zero-order chi connectivity index (χ0) is 15.2. The first kappa shape index (κ1) is 15.4. The predicted molar refractivity (Wildman–Crippen MR) is 80.0 cm³/mol. The summed E-state index contributed by atoms with van der Waals surface area (Å²) in [6.07, 6.45) is 3.66. The summed E-state index contributed by atoms with van der Waals surface area (Å²) < 4.78 is 0. The molecule has 0 saturated heterocycles. The molecule has 1 aromatic rings. The number of rotatable bonds is 6. The molecule has 1 aromatic carbocycles. The molecule has 2 N–H and O–H groups in total. The SMILES string of the molecule is CN(CC1CCC1)C(=O)NCc1ccccc1CC(=O)O. The number of aliphatic carboxylic acids is 1. The smallest absolute Gasteiger partial charge is 0.317 e. The van der Waals surface area contributed by atoms with E-state index in [1.54, 1.807) is 18.0 Å². The average Bonchev–Trinajstić information content (AvgIpc) is 2.40. The lowest BCUT2D eigenvalue weighted by molar-refractivity contribution is -0.136. The van der Waals surface area contributed by atoms with Crippen LogP contribution < -0.4 is 5.32 Å². The number of carboxylic acids is 1. The van der Waals surface area contributed by atoms with Gasteiger partial charge in [-0.05, 0) is 29.9 Å². The van der Waals surface area contributed by atoms with Crippen molar-refractivity contribution in [1.82, 2.24) is 10.2 Å². The quantitative estimate of drug-likeness (QED) is 0.844. The minimum absolute atomic E-state index is 0.0239. The fourth-order valence-electron chi connectivity index (χ4n) is 2.52. The van der Waals surface area contributed by atoms with Crippen molar-refractivity contribution in [3.63, 3.8) is 0 Å². The lowest BCUT2D eigenvalue weighted by Gasteiger charge is -2.30. The Labute approximate surface area is 125 Å². The number of carbonyl (C=O) groups is 2. The largest absolute Gasteiger partial charge is 0.481 e. The van der Waals surface area contributed by atoms with Crippen LogP contribution in [0, 0.1) is 5.92 Å². The molecule has 0 aliphatic heterocycles. The maximum absolute atomic E-state index is 12.0. The van der Waals surface area contributed by atoms with Crippen LogP contribution in [0.4, 0.5) is 4.79 Å². The number of amides is 2. The van der Waals surface area contributed by atoms with Crippen molar-refractivity contribution in [2.45, 2.75) is 32.2 Å². The topological polar surface area (TPSA) is 69.6 Å². The molecule has 0 radical (unpaired) electrons. The van der Waals surface area contributed by atoms with Crippen molar-refractivity contribution in [3.8, 4) is 0 Å². The highest BCUT2D eigenvalue weighted by Gasteiger charge is 2.21. The lowest BCUT2D eigenvalue weighted by Crippen LogP contribution is -2.40. The zero-order valence-corrected chi connectivity index (χ0v) is 12.3. The highest BCUT2D eigenvalue weighted by Crippen LogP contribution is 2.26. The predicted octanol–water partition coefficient (Wildman–Crippen LogP) is 2.26. The highest BCUT2D eigenvalue weighted by atomic mass is 16.4. The van der Waals surface area contributed by atoms with Gasteiger partial charge in [0.2, 0.25) is 0 Å². The first-order chi connectivity index (χ1) is 10.1. The summed E-state index contributed by atoms with van der Waals surface area (Å²) in [7, 11) is 1.80. The van der Waals surface area contributed by atoms with Crippen LogP contribution >= 0.6 is 0 Å². The monoisotopic (exact) mass is 290 g/mol. The maximum atomic E-state index is 12.0. The van der Waals surface area contributed by atoms with E-state index < -0.39 is 5.97 Å². The highest BCUT2D eigenvalue weighted by molar-refractivity contribution is 5.74. The van der Waals surface area contributed by atoms with E-state index in [0.29, 0.717) is 12.5 Å². The van der Waals surface area contributed by atoms with Crippen LogP contribution in [0.3, 0.4) is 0 Å². The molecule has 5 nitrogen and oxygen atoms in total. The van der Waals surface area contributed by atoms with E-state index in [1.807, 2.05) is 18.2 Å². The molecule has 0 heterocycles. The van der Waals surface area contributed by atoms with E-state index in [2.05, 4.69) is 5.32 Å². The third kappa shape index (κ3) is 4.48. The summed E-state index contributed by atoms with van der Waals surface area (Å²) in [6, 6.07) is 7.20. The molecule has 1 aliphatic rings. The molecule has 1 aliphatic carbocycles. The first-order valence-corrected chi connectivity index (χ1v) is 7.34. The summed E-state index contributed by atoms with van der Waals surface area (Å²) in [4.78, 5) is 24.6. The molecule has 114 valence electrons. The van der Waals surface area contributed by atoms with Crippen molar-refractivity contribution in [1.29, 1.82) is 0 Å². The fourth-order valence-corrected chi connectivity index (χ4v) is 2.52. The van der Waals surface area contributed by atoms with Crippen LogP contribution in [0.15, 0.2) is 24.3 Å². The van der Waals surface area contributed by atoms with Gasteiger partial charge in [-0.2, -0.15) is 0 Å². The fraction of sp³-hybridized carbons (Fsp3) is 0.500. The van der Waals surface area contributed by atoms with E-state index in [9.17, 15) is 9.59 Å². The van der Waals surface area contributed by atoms with E-state index in [-0.39, 0.29) is 12.5 Å². The number of carbonyl (C=O) groups excluding carboxylic acids is 1. The Morgan fingerprint density at radius 3 is 2.52 bits per heavy atom. The normalized spacial score (nSPS) is 14.3. The molecule has 0 bridgehead atoms. The minimum atomic E-state index is -0.865. The number of carboxylic acid groups (broad SMARTS) is 1. The molecular formula is C16H22N2O3. The van der Waals surface area contributed by atoms with Crippen LogP contribution in [-0.2, 0) is 17.8 Å². The lowest BCUT2D eigenvalue weighted by atomic mass is 9.85. The Hall–Kier alpha value is -2.04. The number of hydrogen-bond donors (Lipinski definition) is 2. The van der Waals surface area contributed by atoms with E-state index in [1.165, 1.54) is 19.3 Å². The number of nitrogens with zero attached hydrogens (tertiary/aromatic N) is 1. The molecule has 1 fully saturated rings. The Kier molecular flexibility index (Phi) is 5.20. The van der Waals surface area contributed by atoms with Crippen molar-refractivity contribution < 1.29 is 14.7 Å². The summed E-state index contributed by atoms with van der Waals surface area (Å²) in [5, 5.41) is 11.8. The van der Waals surface area contributed by atoms with Crippen LogP contribution in [-0.4, -0.2) is 35.6 Å². The van der Waals surface area contributed by atoms with Gasteiger partial charge in [0.05, 0.1) is 6.42 Å². The molecule has 2 amide bonds. The first-order valence-electron chi connectivity index (χ1n) is 7.34. The Balaban J connectivity index is 1.86. The molecular weight excluding hydrogens is 268 g/mol.